The lowest BCUT2D eigenvalue weighted by molar-refractivity contribution is -0.126. The number of H-pyrrole nitrogens is 1. The second kappa shape index (κ2) is 11.3. The Kier molecular flexibility index (Phi) is 7.95. The molecule has 0 radical (unpaired) electrons. The molecule has 2 heterocycles. The van der Waals surface area contributed by atoms with E-state index in [1.807, 2.05) is 49.4 Å². The van der Waals surface area contributed by atoms with Crippen molar-refractivity contribution < 1.29 is 9.59 Å². The third-order valence-corrected chi connectivity index (χ3v) is 6.39. The molecule has 2 aromatic carbocycles. The molecule has 0 bridgehead atoms. The van der Waals surface area contributed by atoms with Crippen LogP contribution in [0.4, 0.5) is 5.82 Å². The quantitative estimate of drug-likeness (QED) is 0.308. The summed E-state index contributed by atoms with van der Waals surface area (Å²) >= 11 is 12.2. The molecule has 2 aromatic heterocycles. The molecule has 4 aromatic rings. The Hall–Kier alpha value is -3.48. The maximum absolute atomic E-state index is 13.4. The Labute approximate surface area is 213 Å². The van der Waals surface area contributed by atoms with Crippen molar-refractivity contribution in [2.75, 3.05) is 4.90 Å². The fourth-order valence-electron chi connectivity index (χ4n) is 3.85. The molecule has 0 aliphatic rings. The van der Waals surface area contributed by atoms with Gasteiger partial charge in [0.05, 0.1) is 5.69 Å². The van der Waals surface area contributed by atoms with Gasteiger partial charge in [0.2, 0.25) is 11.8 Å². The standard InChI is InChI=1S/C27H24Cl2N4O2/c1-18-26(21-14-16-30-17-15-21)31-32-27(18)33(24(34)12-8-19-6-10-22(28)11-7-19)25(35)13-9-20-4-2-3-5-23(20)29/h2-7,10-11,14-17H,8-9,12-13H2,1H3,(H,31,32). The van der Waals surface area contributed by atoms with Crippen LogP contribution in [0.15, 0.2) is 73.1 Å². The van der Waals surface area contributed by atoms with E-state index in [1.54, 1.807) is 30.6 Å². The van der Waals surface area contributed by atoms with E-state index >= 15 is 0 Å². The molecule has 178 valence electrons. The zero-order chi connectivity index (χ0) is 24.8. The van der Waals surface area contributed by atoms with Gasteiger partial charge in [0.1, 0.15) is 5.82 Å². The molecule has 2 amide bonds. The number of rotatable bonds is 8. The van der Waals surface area contributed by atoms with E-state index < -0.39 is 0 Å². The van der Waals surface area contributed by atoms with E-state index in [2.05, 4.69) is 15.2 Å². The van der Waals surface area contributed by atoms with Gasteiger partial charge < -0.3 is 0 Å². The van der Waals surface area contributed by atoms with E-state index in [0.29, 0.717) is 40.0 Å². The highest BCUT2D eigenvalue weighted by molar-refractivity contribution is 6.31. The van der Waals surface area contributed by atoms with Gasteiger partial charge in [-0.25, -0.2) is 4.90 Å². The number of amides is 2. The number of carbonyl (C=O) groups excluding carboxylic acids is 2. The van der Waals surface area contributed by atoms with Crippen LogP contribution in [0.2, 0.25) is 10.0 Å². The van der Waals surface area contributed by atoms with Gasteiger partial charge in [-0.1, -0.05) is 53.5 Å². The first kappa shape index (κ1) is 24.6. The Morgan fingerprint density at radius 2 is 1.54 bits per heavy atom. The predicted molar refractivity (Wildman–Crippen MR) is 139 cm³/mol. The molecule has 6 nitrogen and oxygen atoms in total. The lowest BCUT2D eigenvalue weighted by Crippen LogP contribution is -2.38. The van der Waals surface area contributed by atoms with Gasteiger partial charge in [-0.2, -0.15) is 5.10 Å². The van der Waals surface area contributed by atoms with Gasteiger partial charge in [-0.15, -0.1) is 0 Å². The van der Waals surface area contributed by atoms with E-state index in [1.165, 1.54) is 4.90 Å². The van der Waals surface area contributed by atoms with Crippen LogP contribution in [0.3, 0.4) is 0 Å². The average molecular weight is 507 g/mol. The van der Waals surface area contributed by atoms with Crippen LogP contribution in [0, 0.1) is 6.92 Å². The fourth-order valence-corrected chi connectivity index (χ4v) is 4.21. The highest BCUT2D eigenvalue weighted by atomic mass is 35.5. The van der Waals surface area contributed by atoms with Crippen molar-refractivity contribution in [1.29, 1.82) is 0 Å². The maximum Gasteiger partial charge on any atom is 0.235 e. The normalized spacial score (nSPS) is 10.8. The summed E-state index contributed by atoms with van der Waals surface area (Å²) in [4.78, 5) is 32.1. The minimum Gasteiger partial charge on any atom is -0.274 e. The zero-order valence-electron chi connectivity index (χ0n) is 19.2. The smallest absolute Gasteiger partial charge is 0.235 e. The topological polar surface area (TPSA) is 79.0 Å². The number of pyridine rings is 1. The minimum atomic E-state index is -0.320. The zero-order valence-corrected chi connectivity index (χ0v) is 20.7. The second-order valence-corrected chi connectivity index (χ2v) is 8.97. The summed E-state index contributed by atoms with van der Waals surface area (Å²) in [5, 5.41) is 8.55. The van der Waals surface area contributed by atoms with Crippen LogP contribution in [-0.2, 0) is 22.4 Å². The Balaban J connectivity index is 1.59. The number of nitrogens with one attached hydrogen (secondary N) is 1. The molecule has 0 aliphatic heterocycles. The molecule has 0 saturated carbocycles. The first-order valence-electron chi connectivity index (χ1n) is 11.2. The molecule has 0 unspecified atom stereocenters. The molecule has 0 atom stereocenters. The van der Waals surface area contributed by atoms with Crippen LogP contribution in [0.25, 0.3) is 11.3 Å². The van der Waals surface area contributed by atoms with Crippen LogP contribution in [0.1, 0.15) is 29.5 Å². The third-order valence-electron chi connectivity index (χ3n) is 5.77. The largest absolute Gasteiger partial charge is 0.274 e. The number of imide groups is 1. The molecule has 35 heavy (non-hydrogen) atoms. The Morgan fingerprint density at radius 1 is 0.886 bits per heavy atom. The van der Waals surface area contributed by atoms with Crippen molar-refractivity contribution in [3.63, 3.8) is 0 Å². The monoisotopic (exact) mass is 506 g/mol. The maximum atomic E-state index is 13.4. The first-order chi connectivity index (χ1) is 16.9. The van der Waals surface area contributed by atoms with Crippen molar-refractivity contribution >= 4 is 40.8 Å². The lowest BCUT2D eigenvalue weighted by atomic mass is 10.1. The molecule has 4 rings (SSSR count). The number of aromatic amines is 1. The van der Waals surface area contributed by atoms with Gasteiger partial charge in [0, 0.05) is 46.4 Å². The fraction of sp³-hybridized carbons (Fsp3) is 0.185. The lowest BCUT2D eigenvalue weighted by Gasteiger charge is -2.20. The number of anilines is 1. The number of aromatic nitrogens is 3. The number of aryl methyl sites for hydroxylation is 2. The minimum absolute atomic E-state index is 0.124. The summed E-state index contributed by atoms with van der Waals surface area (Å²) in [6.07, 6.45) is 4.53. The molecular formula is C27H24Cl2N4O2. The summed E-state index contributed by atoms with van der Waals surface area (Å²) in [5.41, 5.74) is 4.04. The summed E-state index contributed by atoms with van der Waals surface area (Å²) in [5.74, 6) is -0.252. The third kappa shape index (κ3) is 5.96. The highest BCUT2D eigenvalue weighted by Gasteiger charge is 2.28. The van der Waals surface area contributed by atoms with Crippen LogP contribution < -0.4 is 4.90 Å². The van der Waals surface area contributed by atoms with E-state index in [-0.39, 0.29) is 24.7 Å². The number of nitrogens with zero attached hydrogens (tertiary/aromatic N) is 3. The SMILES string of the molecule is Cc1c(-c2ccncc2)n[nH]c1N(C(=O)CCc1ccc(Cl)cc1)C(=O)CCc1ccccc1Cl. The molecule has 1 N–H and O–H groups in total. The van der Waals surface area contributed by atoms with Gasteiger partial charge in [-0.05, 0) is 61.2 Å². The van der Waals surface area contributed by atoms with Crippen LogP contribution in [0.5, 0.6) is 0 Å². The summed E-state index contributed by atoms with van der Waals surface area (Å²) in [7, 11) is 0. The van der Waals surface area contributed by atoms with Crippen LogP contribution >= 0.6 is 23.2 Å². The number of hydrogen-bond acceptors (Lipinski definition) is 4. The number of benzene rings is 2. The van der Waals surface area contributed by atoms with E-state index in [9.17, 15) is 9.59 Å². The van der Waals surface area contributed by atoms with Crippen molar-refractivity contribution in [1.82, 2.24) is 15.2 Å². The Bertz CT molecular complexity index is 1320. The number of hydrogen-bond donors (Lipinski definition) is 1. The van der Waals surface area contributed by atoms with Crippen LogP contribution in [-0.4, -0.2) is 27.0 Å². The summed E-state index contributed by atoms with van der Waals surface area (Å²) in [6, 6.07) is 18.4. The van der Waals surface area contributed by atoms with E-state index in [0.717, 1.165) is 16.7 Å². The van der Waals surface area contributed by atoms with Gasteiger partial charge in [-0.3, -0.25) is 19.7 Å². The predicted octanol–water partition coefficient (Wildman–Crippen LogP) is 6.21. The molecule has 0 aliphatic carbocycles. The van der Waals surface area contributed by atoms with Crippen molar-refractivity contribution in [3.05, 3.63) is 99.8 Å². The van der Waals surface area contributed by atoms with E-state index in [4.69, 9.17) is 23.2 Å². The second-order valence-electron chi connectivity index (χ2n) is 8.12. The van der Waals surface area contributed by atoms with Crippen molar-refractivity contribution in [2.45, 2.75) is 32.6 Å². The molecule has 0 saturated heterocycles. The molecular weight excluding hydrogens is 483 g/mol. The molecule has 0 fully saturated rings. The molecule has 8 heteroatoms. The van der Waals surface area contributed by atoms with Crippen molar-refractivity contribution in [2.24, 2.45) is 0 Å². The number of halogens is 2. The van der Waals surface area contributed by atoms with Gasteiger partial charge in [0.15, 0.2) is 0 Å². The number of carbonyl (C=O) groups is 2. The first-order valence-corrected chi connectivity index (χ1v) is 12.0. The Morgan fingerprint density at radius 3 is 2.23 bits per heavy atom. The highest BCUT2D eigenvalue weighted by Crippen LogP contribution is 2.29. The average Bonchev–Trinajstić information content (AvgIpc) is 3.24. The summed E-state index contributed by atoms with van der Waals surface area (Å²) < 4.78 is 0. The van der Waals surface area contributed by atoms with Crippen molar-refractivity contribution in [3.8, 4) is 11.3 Å². The summed E-state index contributed by atoms with van der Waals surface area (Å²) in [6.45, 7) is 1.84. The van der Waals surface area contributed by atoms with Gasteiger partial charge >= 0.3 is 0 Å². The molecule has 0 spiro atoms. The van der Waals surface area contributed by atoms with Gasteiger partial charge in [0.25, 0.3) is 0 Å².